The molecule has 178 valence electrons. The number of carboxylic acids is 1. The maximum Gasteiger partial charge on any atom is 0.303 e. The van der Waals surface area contributed by atoms with Crippen LogP contribution in [-0.2, 0) is 19.0 Å². The lowest BCUT2D eigenvalue weighted by molar-refractivity contribution is -0.237. The summed E-state index contributed by atoms with van der Waals surface area (Å²) in [4.78, 5) is 10.5. The van der Waals surface area contributed by atoms with Gasteiger partial charge in [0.1, 0.15) is 6.10 Å². The fourth-order valence-electron chi connectivity index (χ4n) is 2.85. The zero-order valence-electron chi connectivity index (χ0n) is 18.7. The van der Waals surface area contributed by atoms with E-state index in [1.165, 1.54) is 0 Å². The number of aliphatic hydroxyl groups is 3. The van der Waals surface area contributed by atoms with E-state index in [2.05, 4.69) is 5.32 Å². The molecule has 0 aliphatic carbocycles. The highest BCUT2D eigenvalue weighted by Crippen LogP contribution is 2.26. The first-order valence-corrected chi connectivity index (χ1v) is 10.5. The number of aliphatic hydroxyl groups excluding tert-OH is 3. The van der Waals surface area contributed by atoms with Gasteiger partial charge in [0.05, 0.1) is 11.5 Å². The largest absolute Gasteiger partial charge is 0.481 e. The molecule has 9 heteroatoms. The van der Waals surface area contributed by atoms with Crippen molar-refractivity contribution in [3.8, 4) is 0 Å². The first-order chi connectivity index (χ1) is 14.5. The fourth-order valence-corrected chi connectivity index (χ4v) is 2.85. The monoisotopic (exact) mass is 443 g/mol. The number of nitrogens with one attached hydrogen (secondary N) is 1. The van der Waals surface area contributed by atoms with Crippen molar-refractivity contribution in [2.75, 3.05) is 6.61 Å². The second kappa shape index (κ2) is 13.6. The molecule has 1 aliphatic rings. The first-order valence-electron chi connectivity index (χ1n) is 10.5. The summed E-state index contributed by atoms with van der Waals surface area (Å²) in [6.07, 6.45) is 5.27. The molecule has 5 N–H and O–H groups in total. The van der Waals surface area contributed by atoms with Crippen molar-refractivity contribution in [3.63, 3.8) is 0 Å². The average Bonchev–Trinajstić information content (AvgIpc) is 2.93. The smallest absolute Gasteiger partial charge is 0.303 e. The van der Waals surface area contributed by atoms with Crippen molar-refractivity contribution in [1.29, 1.82) is 0 Å². The van der Waals surface area contributed by atoms with Gasteiger partial charge in [0.25, 0.3) is 0 Å². The fraction of sp³-hybridized carbons (Fsp3) is 0.682. The molecule has 5 atom stereocenters. The Kier molecular flexibility index (Phi) is 12.0. The van der Waals surface area contributed by atoms with E-state index >= 15 is 0 Å². The molecule has 9 nitrogen and oxygen atoms in total. The number of carboxylic acid groups (broad SMARTS) is 1. The molecular formula is C22H37NO8. The van der Waals surface area contributed by atoms with Crippen LogP contribution >= 0.6 is 0 Å². The van der Waals surface area contributed by atoms with Gasteiger partial charge in [-0.25, -0.2) is 0 Å². The summed E-state index contributed by atoms with van der Waals surface area (Å²) in [7, 11) is 0. The van der Waals surface area contributed by atoms with E-state index in [0.29, 0.717) is 18.5 Å². The zero-order chi connectivity index (χ0) is 23.4. The third-order valence-electron chi connectivity index (χ3n) is 4.36. The van der Waals surface area contributed by atoms with E-state index in [9.17, 15) is 20.1 Å². The third-order valence-corrected chi connectivity index (χ3v) is 4.36. The minimum Gasteiger partial charge on any atom is -0.481 e. The van der Waals surface area contributed by atoms with Gasteiger partial charge in [0.2, 0.25) is 0 Å². The van der Waals surface area contributed by atoms with Crippen molar-refractivity contribution < 1.29 is 39.4 Å². The van der Waals surface area contributed by atoms with Crippen LogP contribution in [0.3, 0.4) is 0 Å². The van der Waals surface area contributed by atoms with Crippen LogP contribution in [-0.4, -0.2) is 63.6 Å². The normalized spacial score (nSPS) is 19.0. The highest BCUT2D eigenvalue weighted by molar-refractivity contribution is 5.66. The molecule has 0 bridgehead atoms. The molecule has 0 aromatic carbocycles. The number of hydrogen-bond acceptors (Lipinski definition) is 8. The van der Waals surface area contributed by atoms with E-state index < -0.39 is 42.5 Å². The minimum atomic E-state index is -1.30. The SMILES string of the molecule is CC(OC(O)CC(C1=CC=CC=CN1)C(O)OC(C)(C)C)C(O)OCCCCC(=O)O. The average molecular weight is 444 g/mol. The molecule has 0 amide bonds. The van der Waals surface area contributed by atoms with Crippen molar-refractivity contribution >= 4 is 5.97 Å². The zero-order valence-corrected chi connectivity index (χ0v) is 18.7. The van der Waals surface area contributed by atoms with Gasteiger partial charge in [-0.05, 0) is 52.7 Å². The predicted molar refractivity (Wildman–Crippen MR) is 114 cm³/mol. The van der Waals surface area contributed by atoms with E-state index in [1.807, 2.05) is 26.8 Å². The molecule has 0 fully saturated rings. The van der Waals surface area contributed by atoms with Crippen molar-refractivity contribution in [2.45, 2.75) is 84.0 Å². The highest BCUT2D eigenvalue weighted by Gasteiger charge is 2.31. The first kappa shape index (κ1) is 27.3. The number of rotatable bonds is 14. The van der Waals surface area contributed by atoms with Gasteiger partial charge >= 0.3 is 5.97 Å². The van der Waals surface area contributed by atoms with Crippen molar-refractivity contribution in [3.05, 3.63) is 36.2 Å². The molecule has 5 unspecified atom stereocenters. The van der Waals surface area contributed by atoms with Crippen LogP contribution < -0.4 is 5.32 Å². The Morgan fingerprint density at radius 3 is 2.45 bits per heavy atom. The van der Waals surface area contributed by atoms with Crippen LogP contribution in [0.4, 0.5) is 0 Å². The van der Waals surface area contributed by atoms with Gasteiger partial charge in [-0.3, -0.25) is 4.79 Å². The number of unbranched alkanes of at least 4 members (excludes halogenated alkanes) is 1. The molecule has 1 heterocycles. The molecule has 31 heavy (non-hydrogen) atoms. The van der Waals surface area contributed by atoms with Crippen LogP contribution in [0, 0.1) is 5.92 Å². The lowest BCUT2D eigenvalue weighted by Crippen LogP contribution is -2.39. The lowest BCUT2D eigenvalue weighted by atomic mass is 9.98. The Morgan fingerprint density at radius 1 is 1.10 bits per heavy atom. The van der Waals surface area contributed by atoms with Gasteiger partial charge in [-0.15, -0.1) is 0 Å². The third kappa shape index (κ3) is 12.0. The van der Waals surface area contributed by atoms with Crippen LogP contribution in [0.1, 0.15) is 53.4 Å². The second-order valence-corrected chi connectivity index (χ2v) is 8.38. The second-order valence-electron chi connectivity index (χ2n) is 8.38. The van der Waals surface area contributed by atoms with E-state index in [-0.39, 0.29) is 19.4 Å². The van der Waals surface area contributed by atoms with Crippen molar-refractivity contribution in [2.24, 2.45) is 5.92 Å². The molecule has 0 spiro atoms. The summed E-state index contributed by atoms with van der Waals surface area (Å²) in [5.74, 6) is -1.50. The lowest BCUT2D eigenvalue weighted by Gasteiger charge is -2.32. The summed E-state index contributed by atoms with van der Waals surface area (Å²) in [6.45, 7) is 7.19. The molecule has 0 saturated carbocycles. The Hall–Kier alpha value is -1.75. The van der Waals surface area contributed by atoms with Crippen LogP contribution in [0.25, 0.3) is 0 Å². The Bertz CT molecular complexity index is 625. The van der Waals surface area contributed by atoms with Gasteiger partial charge in [0.15, 0.2) is 18.9 Å². The topological polar surface area (TPSA) is 138 Å². The van der Waals surface area contributed by atoms with Crippen LogP contribution in [0.15, 0.2) is 36.2 Å². The molecule has 0 aromatic rings. The molecular weight excluding hydrogens is 406 g/mol. The maximum absolute atomic E-state index is 10.7. The quantitative estimate of drug-likeness (QED) is 0.202. The summed E-state index contributed by atoms with van der Waals surface area (Å²) in [5, 5.41) is 42.9. The summed E-state index contributed by atoms with van der Waals surface area (Å²) in [5.41, 5.74) is 0.0468. The highest BCUT2D eigenvalue weighted by atomic mass is 16.7. The van der Waals surface area contributed by atoms with Gasteiger partial charge in [0, 0.05) is 31.3 Å². The summed E-state index contributed by atoms with van der Waals surface area (Å²) >= 11 is 0. The molecule has 0 saturated heterocycles. The Morgan fingerprint density at radius 2 is 1.81 bits per heavy atom. The number of aliphatic carboxylic acids is 1. The molecule has 1 rings (SSSR count). The van der Waals surface area contributed by atoms with Gasteiger partial charge in [-0.1, -0.05) is 12.2 Å². The molecule has 0 radical (unpaired) electrons. The van der Waals surface area contributed by atoms with Crippen molar-refractivity contribution in [1.82, 2.24) is 5.32 Å². The standard InChI is InChI=1S/C22H37NO8/c1-15(20(27)29-13-9-7-11-18(24)25)30-19(26)14-16(21(28)31-22(2,3)4)17-10-6-5-8-12-23-17/h5-6,8,10,12,15-16,19-21,23,26-28H,7,9,11,13-14H2,1-4H3,(H,24,25). The van der Waals surface area contributed by atoms with Gasteiger partial charge < -0.3 is 40.0 Å². The minimum absolute atomic E-state index is 0.00737. The van der Waals surface area contributed by atoms with Crippen LogP contribution in [0.2, 0.25) is 0 Å². The van der Waals surface area contributed by atoms with E-state index in [1.54, 1.807) is 31.4 Å². The molecule has 0 aromatic heterocycles. The van der Waals surface area contributed by atoms with Crippen LogP contribution in [0.5, 0.6) is 0 Å². The summed E-state index contributed by atoms with van der Waals surface area (Å²) < 4.78 is 16.4. The number of carbonyl (C=O) groups is 1. The number of ether oxygens (including phenoxy) is 3. The van der Waals surface area contributed by atoms with E-state index in [0.717, 1.165) is 0 Å². The van der Waals surface area contributed by atoms with E-state index in [4.69, 9.17) is 19.3 Å². The Labute approximate surface area is 184 Å². The molecule has 1 aliphatic heterocycles. The number of allylic oxidation sites excluding steroid dienone is 4. The predicted octanol–water partition coefficient (Wildman–Crippen LogP) is 2.00. The Balaban J connectivity index is 2.63. The maximum atomic E-state index is 10.7. The van der Waals surface area contributed by atoms with Gasteiger partial charge in [-0.2, -0.15) is 0 Å². The summed E-state index contributed by atoms with van der Waals surface area (Å²) in [6, 6.07) is 0. The number of hydrogen-bond donors (Lipinski definition) is 5.